The summed E-state index contributed by atoms with van der Waals surface area (Å²) in [5, 5.41) is 3.35. The van der Waals surface area contributed by atoms with Crippen LogP contribution in [0.3, 0.4) is 0 Å². The van der Waals surface area contributed by atoms with Crippen LogP contribution in [0.5, 0.6) is 5.75 Å². The highest BCUT2D eigenvalue weighted by molar-refractivity contribution is 5.32. The van der Waals surface area contributed by atoms with Gasteiger partial charge in [-0.3, -0.25) is 0 Å². The maximum absolute atomic E-state index is 12.9. The Morgan fingerprint density at radius 2 is 2.38 bits per heavy atom. The summed E-state index contributed by atoms with van der Waals surface area (Å²) >= 11 is 0. The first-order valence-corrected chi connectivity index (χ1v) is 5.85. The lowest BCUT2D eigenvalue weighted by atomic mass is 10.0. The van der Waals surface area contributed by atoms with Gasteiger partial charge >= 0.3 is 0 Å². The van der Waals surface area contributed by atoms with Crippen LogP contribution in [-0.4, -0.2) is 19.7 Å². The Labute approximate surface area is 95.8 Å². The lowest BCUT2D eigenvalue weighted by Crippen LogP contribution is -2.33. The standard InChI is InChI=1S/C13H18FNO/c1-10-7-12(14)4-5-13(10)16-9-11-3-2-6-15-8-11/h4-5,7,11,15H,2-3,6,8-9H2,1H3/t11-/m0/s1. The summed E-state index contributed by atoms with van der Waals surface area (Å²) < 4.78 is 18.6. The summed E-state index contributed by atoms with van der Waals surface area (Å²) in [6.07, 6.45) is 2.43. The molecule has 1 atom stereocenters. The fourth-order valence-corrected chi connectivity index (χ4v) is 2.05. The highest BCUT2D eigenvalue weighted by Gasteiger charge is 2.13. The monoisotopic (exact) mass is 223 g/mol. The van der Waals surface area contributed by atoms with Crippen LogP contribution in [0.2, 0.25) is 0 Å². The number of piperidine rings is 1. The van der Waals surface area contributed by atoms with Crippen molar-refractivity contribution in [2.75, 3.05) is 19.7 Å². The minimum atomic E-state index is -0.204. The first-order valence-electron chi connectivity index (χ1n) is 5.85. The van der Waals surface area contributed by atoms with Gasteiger partial charge in [-0.25, -0.2) is 4.39 Å². The predicted molar refractivity (Wildman–Crippen MR) is 62.2 cm³/mol. The van der Waals surface area contributed by atoms with Crippen molar-refractivity contribution in [1.82, 2.24) is 5.32 Å². The molecule has 0 aliphatic carbocycles. The van der Waals surface area contributed by atoms with Crippen molar-refractivity contribution in [1.29, 1.82) is 0 Å². The lowest BCUT2D eigenvalue weighted by molar-refractivity contribution is 0.217. The van der Waals surface area contributed by atoms with E-state index in [0.29, 0.717) is 5.92 Å². The van der Waals surface area contributed by atoms with E-state index in [0.717, 1.165) is 31.0 Å². The maximum atomic E-state index is 12.9. The van der Waals surface area contributed by atoms with E-state index in [4.69, 9.17) is 4.74 Å². The van der Waals surface area contributed by atoms with Gasteiger partial charge in [-0.05, 0) is 50.1 Å². The number of ether oxygens (including phenoxy) is 1. The zero-order chi connectivity index (χ0) is 11.4. The molecule has 1 aliphatic rings. The van der Waals surface area contributed by atoms with Crippen molar-refractivity contribution in [2.45, 2.75) is 19.8 Å². The molecule has 1 saturated heterocycles. The quantitative estimate of drug-likeness (QED) is 0.850. The van der Waals surface area contributed by atoms with Gasteiger partial charge in [-0.1, -0.05) is 0 Å². The van der Waals surface area contributed by atoms with Gasteiger partial charge in [0, 0.05) is 12.5 Å². The van der Waals surface area contributed by atoms with Crippen LogP contribution in [0.15, 0.2) is 18.2 Å². The van der Waals surface area contributed by atoms with Crippen LogP contribution in [0.1, 0.15) is 18.4 Å². The van der Waals surface area contributed by atoms with Crippen molar-refractivity contribution in [2.24, 2.45) is 5.92 Å². The lowest BCUT2D eigenvalue weighted by Gasteiger charge is -2.23. The molecular weight excluding hydrogens is 205 g/mol. The molecule has 3 heteroatoms. The number of rotatable bonds is 3. The van der Waals surface area contributed by atoms with Gasteiger partial charge in [0.15, 0.2) is 0 Å². The number of halogens is 1. The molecule has 1 aromatic carbocycles. The first-order chi connectivity index (χ1) is 7.75. The van der Waals surface area contributed by atoms with Gasteiger partial charge in [0.25, 0.3) is 0 Å². The second-order valence-electron chi connectivity index (χ2n) is 4.43. The molecule has 0 saturated carbocycles. The Morgan fingerprint density at radius 1 is 1.50 bits per heavy atom. The molecule has 0 unspecified atom stereocenters. The van der Waals surface area contributed by atoms with Crippen LogP contribution in [0.25, 0.3) is 0 Å². The zero-order valence-electron chi connectivity index (χ0n) is 9.63. The Morgan fingerprint density at radius 3 is 3.06 bits per heavy atom. The summed E-state index contributed by atoms with van der Waals surface area (Å²) in [6, 6.07) is 4.66. The topological polar surface area (TPSA) is 21.3 Å². The van der Waals surface area contributed by atoms with E-state index in [1.807, 2.05) is 6.92 Å². The van der Waals surface area contributed by atoms with Gasteiger partial charge in [0.1, 0.15) is 11.6 Å². The predicted octanol–water partition coefficient (Wildman–Crippen LogP) is 2.51. The highest BCUT2D eigenvalue weighted by atomic mass is 19.1. The van der Waals surface area contributed by atoms with Crippen molar-refractivity contribution >= 4 is 0 Å². The van der Waals surface area contributed by atoms with Crippen molar-refractivity contribution in [3.05, 3.63) is 29.6 Å². The number of benzene rings is 1. The number of hydrogen-bond acceptors (Lipinski definition) is 2. The van der Waals surface area contributed by atoms with Crippen LogP contribution in [0.4, 0.5) is 4.39 Å². The van der Waals surface area contributed by atoms with E-state index >= 15 is 0 Å². The molecule has 0 bridgehead atoms. The molecule has 1 fully saturated rings. The van der Waals surface area contributed by atoms with E-state index in [-0.39, 0.29) is 5.82 Å². The van der Waals surface area contributed by atoms with Gasteiger partial charge in [-0.15, -0.1) is 0 Å². The fourth-order valence-electron chi connectivity index (χ4n) is 2.05. The average molecular weight is 223 g/mol. The molecule has 1 N–H and O–H groups in total. The molecule has 88 valence electrons. The summed E-state index contributed by atoms with van der Waals surface area (Å²) in [5.74, 6) is 1.18. The van der Waals surface area contributed by atoms with Crippen LogP contribution >= 0.6 is 0 Å². The minimum absolute atomic E-state index is 0.204. The molecule has 1 aromatic rings. The maximum Gasteiger partial charge on any atom is 0.123 e. The van der Waals surface area contributed by atoms with Crippen molar-refractivity contribution < 1.29 is 9.13 Å². The summed E-state index contributed by atoms with van der Waals surface area (Å²) in [7, 11) is 0. The molecule has 0 aromatic heterocycles. The molecule has 1 heterocycles. The average Bonchev–Trinajstić information content (AvgIpc) is 2.29. The Balaban J connectivity index is 1.88. The number of nitrogens with one attached hydrogen (secondary N) is 1. The van der Waals surface area contributed by atoms with E-state index in [1.54, 1.807) is 6.07 Å². The Hall–Kier alpha value is -1.09. The highest BCUT2D eigenvalue weighted by Crippen LogP contribution is 2.20. The SMILES string of the molecule is Cc1cc(F)ccc1OC[C@H]1CCCNC1. The van der Waals surface area contributed by atoms with Gasteiger partial charge in [0.05, 0.1) is 6.61 Å². The molecule has 0 spiro atoms. The molecule has 0 amide bonds. The number of aryl methyl sites for hydroxylation is 1. The van der Waals surface area contributed by atoms with Crippen LogP contribution in [-0.2, 0) is 0 Å². The summed E-state index contributed by atoms with van der Waals surface area (Å²) in [4.78, 5) is 0. The number of hydrogen-bond donors (Lipinski definition) is 1. The van der Waals surface area contributed by atoms with E-state index in [1.165, 1.54) is 25.0 Å². The molecule has 2 rings (SSSR count). The third kappa shape index (κ3) is 2.95. The second-order valence-corrected chi connectivity index (χ2v) is 4.43. The summed E-state index contributed by atoms with van der Waals surface area (Å²) in [5.41, 5.74) is 0.865. The summed E-state index contributed by atoms with van der Waals surface area (Å²) in [6.45, 7) is 4.74. The largest absolute Gasteiger partial charge is 0.493 e. The molecule has 16 heavy (non-hydrogen) atoms. The second kappa shape index (κ2) is 5.30. The third-order valence-electron chi connectivity index (χ3n) is 3.01. The minimum Gasteiger partial charge on any atom is -0.493 e. The van der Waals surface area contributed by atoms with Gasteiger partial charge in [-0.2, -0.15) is 0 Å². The van der Waals surface area contributed by atoms with Gasteiger partial charge in [0.2, 0.25) is 0 Å². The van der Waals surface area contributed by atoms with Gasteiger partial charge < -0.3 is 10.1 Å². The van der Waals surface area contributed by atoms with Crippen LogP contribution in [0, 0.1) is 18.7 Å². The normalized spacial score (nSPS) is 20.8. The smallest absolute Gasteiger partial charge is 0.123 e. The first kappa shape index (κ1) is 11.4. The Bertz CT molecular complexity index is 348. The third-order valence-corrected chi connectivity index (χ3v) is 3.01. The van der Waals surface area contributed by atoms with Crippen molar-refractivity contribution in [3.8, 4) is 5.75 Å². The van der Waals surface area contributed by atoms with E-state index in [2.05, 4.69) is 5.32 Å². The Kier molecular flexibility index (Phi) is 3.78. The molecule has 0 radical (unpaired) electrons. The fraction of sp³-hybridized carbons (Fsp3) is 0.538. The molecular formula is C13H18FNO. The molecule has 2 nitrogen and oxygen atoms in total. The van der Waals surface area contributed by atoms with E-state index in [9.17, 15) is 4.39 Å². The van der Waals surface area contributed by atoms with Crippen LogP contribution < -0.4 is 10.1 Å². The molecule has 1 aliphatic heterocycles. The van der Waals surface area contributed by atoms with Crippen molar-refractivity contribution in [3.63, 3.8) is 0 Å². The zero-order valence-corrected chi connectivity index (χ0v) is 9.63. The van der Waals surface area contributed by atoms with E-state index < -0.39 is 0 Å².